The second kappa shape index (κ2) is 11.0. The lowest BCUT2D eigenvalue weighted by Gasteiger charge is -2.15. The van der Waals surface area contributed by atoms with Crippen LogP contribution in [-0.4, -0.2) is 43.5 Å². The van der Waals surface area contributed by atoms with Gasteiger partial charge >= 0.3 is 11.9 Å². The van der Waals surface area contributed by atoms with Gasteiger partial charge < -0.3 is 29.7 Å². The third kappa shape index (κ3) is 6.66. The first-order chi connectivity index (χ1) is 13.2. The maximum atomic E-state index is 9.10. The van der Waals surface area contributed by atoms with Crippen LogP contribution < -0.4 is 19.5 Å². The van der Waals surface area contributed by atoms with Crippen molar-refractivity contribution in [1.29, 1.82) is 0 Å². The molecule has 0 fully saturated rings. The number of aryl methyl sites for hydroxylation is 1. The lowest BCUT2D eigenvalue weighted by atomic mass is 10.1. The van der Waals surface area contributed by atoms with Crippen LogP contribution >= 0.6 is 15.9 Å². The summed E-state index contributed by atoms with van der Waals surface area (Å²) < 4.78 is 17.2. The first-order valence-corrected chi connectivity index (χ1v) is 8.77. The third-order valence-corrected chi connectivity index (χ3v) is 4.45. The molecule has 0 heterocycles. The van der Waals surface area contributed by atoms with Gasteiger partial charge in [-0.05, 0) is 48.4 Å². The van der Waals surface area contributed by atoms with Gasteiger partial charge in [0.15, 0.2) is 11.5 Å². The minimum absolute atomic E-state index is 0.605. The molecule has 2 aromatic carbocycles. The number of rotatable bonds is 6. The Morgan fingerprint density at radius 2 is 1.50 bits per heavy atom. The Morgan fingerprint density at radius 1 is 0.964 bits per heavy atom. The van der Waals surface area contributed by atoms with Crippen molar-refractivity contribution in [3.8, 4) is 17.2 Å². The molecule has 28 heavy (non-hydrogen) atoms. The molecule has 0 amide bonds. The molecular weight excluding hydrogens is 434 g/mol. The SMILES string of the molecule is COc1cc(CNc2ccc(Br)c(C)c2)cc(OC)c1OC.O=C(O)C(=O)O. The Balaban J connectivity index is 0.000000568. The molecule has 3 N–H and O–H groups in total. The minimum Gasteiger partial charge on any atom is -0.493 e. The molecule has 0 saturated heterocycles. The Bertz CT molecular complexity index is 802. The molecular formula is C19H22BrNO7. The van der Waals surface area contributed by atoms with Crippen molar-refractivity contribution in [3.63, 3.8) is 0 Å². The predicted octanol–water partition coefficient (Wildman–Crippen LogP) is 3.55. The number of anilines is 1. The number of hydrogen-bond donors (Lipinski definition) is 3. The molecule has 2 rings (SSSR count). The highest BCUT2D eigenvalue weighted by molar-refractivity contribution is 9.10. The van der Waals surface area contributed by atoms with E-state index in [1.165, 1.54) is 5.56 Å². The van der Waals surface area contributed by atoms with Gasteiger partial charge in [-0.1, -0.05) is 15.9 Å². The number of carbonyl (C=O) groups is 2. The van der Waals surface area contributed by atoms with Gasteiger partial charge in [0.2, 0.25) is 5.75 Å². The summed E-state index contributed by atoms with van der Waals surface area (Å²) in [4.78, 5) is 18.2. The quantitative estimate of drug-likeness (QED) is 0.566. The van der Waals surface area contributed by atoms with Crippen molar-refractivity contribution in [3.05, 3.63) is 45.9 Å². The number of ether oxygens (including phenoxy) is 3. The molecule has 8 nitrogen and oxygen atoms in total. The van der Waals surface area contributed by atoms with Gasteiger partial charge in [-0.15, -0.1) is 0 Å². The second-order valence-corrected chi connectivity index (χ2v) is 6.32. The maximum absolute atomic E-state index is 9.10. The average Bonchev–Trinajstić information content (AvgIpc) is 2.68. The smallest absolute Gasteiger partial charge is 0.414 e. The molecule has 152 valence electrons. The van der Waals surface area contributed by atoms with E-state index in [4.69, 9.17) is 34.0 Å². The van der Waals surface area contributed by atoms with Crippen LogP contribution in [0.3, 0.4) is 0 Å². The number of carboxylic acid groups (broad SMARTS) is 2. The van der Waals surface area contributed by atoms with Crippen molar-refractivity contribution in [2.75, 3.05) is 26.6 Å². The summed E-state index contributed by atoms with van der Waals surface area (Å²) in [6, 6.07) is 10.1. The first kappa shape index (κ1) is 23.1. The molecule has 0 aromatic heterocycles. The Hall–Kier alpha value is -2.94. The van der Waals surface area contributed by atoms with E-state index in [-0.39, 0.29) is 0 Å². The van der Waals surface area contributed by atoms with E-state index in [0.717, 1.165) is 15.7 Å². The van der Waals surface area contributed by atoms with E-state index in [2.05, 4.69) is 34.2 Å². The van der Waals surface area contributed by atoms with Crippen molar-refractivity contribution >= 4 is 33.6 Å². The van der Waals surface area contributed by atoms with Gasteiger partial charge in [0.1, 0.15) is 0 Å². The fourth-order valence-electron chi connectivity index (χ4n) is 2.20. The molecule has 0 bridgehead atoms. The zero-order valence-electron chi connectivity index (χ0n) is 15.9. The molecule has 0 spiro atoms. The van der Waals surface area contributed by atoms with Crippen molar-refractivity contribution in [2.45, 2.75) is 13.5 Å². The topological polar surface area (TPSA) is 114 Å². The predicted molar refractivity (Wildman–Crippen MR) is 108 cm³/mol. The number of nitrogens with one attached hydrogen (secondary N) is 1. The fourth-order valence-corrected chi connectivity index (χ4v) is 2.44. The van der Waals surface area contributed by atoms with Gasteiger partial charge in [-0.25, -0.2) is 9.59 Å². The van der Waals surface area contributed by atoms with Crippen LogP contribution in [0.15, 0.2) is 34.8 Å². The van der Waals surface area contributed by atoms with E-state index >= 15 is 0 Å². The summed E-state index contributed by atoms with van der Waals surface area (Å²) in [5.41, 5.74) is 3.31. The maximum Gasteiger partial charge on any atom is 0.414 e. The third-order valence-electron chi connectivity index (χ3n) is 3.56. The number of methoxy groups -OCH3 is 3. The minimum atomic E-state index is -1.82. The molecule has 0 aliphatic rings. The van der Waals surface area contributed by atoms with E-state index in [0.29, 0.717) is 23.8 Å². The zero-order valence-corrected chi connectivity index (χ0v) is 17.5. The van der Waals surface area contributed by atoms with Gasteiger partial charge in [0, 0.05) is 16.7 Å². The summed E-state index contributed by atoms with van der Waals surface area (Å²) in [7, 11) is 4.84. The van der Waals surface area contributed by atoms with Crippen LogP contribution in [0, 0.1) is 6.92 Å². The number of halogens is 1. The van der Waals surface area contributed by atoms with Crippen LogP contribution in [0.5, 0.6) is 17.2 Å². The molecule has 0 aliphatic heterocycles. The summed E-state index contributed by atoms with van der Waals surface area (Å²) in [6.45, 7) is 2.73. The molecule has 0 saturated carbocycles. The molecule has 9 heteroatoms. The molecule has 0 unspecified atom stereocenters. The van der Waals surface area contributed by atoms with Crippen LogP contribution in [-0.2, 0) is 16.1 Å². The summed E-state index contributed by atoms with van der Waals surface area (Å²) in [5.74, 6) is -1.73. The van der Waals surface area contributed by atoms with Crippen LogP contribution in [0.2, 0.25) is 0 Å². The van der Waals surface area contributed by atoms with Crippen LogP contribution in [0.4, 0.5) is 5.69 Å². The lowest BCUT2D eigenvalue weighted by molar-refractivity contribution is -0.159. The molecule has 0 aliphatic carbocycles. The highest BCUT2D eigenvalue weighted by Gasteiger charge is 2.13. The van der Waals surface area contributed by atoms with Crippen molar-refractivity contribution < 1.29 is 34.0 Å². The standard InChI is InChI=1S/C17H20BrNO3.C2H2O4/c1-11-7-13(5-6-14(11)18)19-10-12-8-15(20-2)17(22-4)16(9-12)21-3;3-1(4)2(5)6/h5-9,19H,10H2,1-4H3;(H,3,4)(H,5,6). The second-order valence-electron chi connectivity index (χ2n) is 5.46. The zero-order chi connectivity index (χ0) is 21.3. The Kier molecular flexibility index (Phi) is 9.10. The number of hydrogen-bond acceptors (Lipinski definition) is 6. The lowest BCUT2D eigenvalue weighted by Crippen LogP contribution is -2.09. The summed E-state index contributed by atoms with van der Waals surface area (Å²) in [6.07, 6.45) is 0. The van der Waals surface area contributed by atoms with Crippen LogP contribution in [0.1, 0.15) is 11.1 Å². The summed E-state index contributed by atoms with van der Waals surface area (Å²) in [5, 5.41) is 18.2. The Morgan fingerprint density at radius 3 is 1.89 bits per heavy atom. The monoisotopic (exact) mass is 455 g/mol. The average molecular weight is 456 g/mol. The van der Waals surface area contributed by atoms with Crippen LogP contribution in [0.25, 0.3) is 0 Å². The van der Waals surface area contributed by atoms with E-state index in [1.54, 1.807) is 21.3 Å². The van der Waals surface area contributed by atoms with E-state index < -0.39 is 11.9 Å². The molecule has 2 aromatic rings. The highest BCUT2D eigenvalue weighted by Crippen LogP contribution is 2.38. The van der Waals surface area contributed by atoms with Gasteiger partial charge in [0.25, 0.3) is 0 Å². The Labute approximate surface area is 171 Å². The summed E-state index contributed by atoms with van der Waals surface area (Å²) >= 11 is 3.50. The highest BCUT2D eigenvalue weighted by atomic mass is 79.9. The number of carboxylic acids is 2. The normalized spacial score (nSPS) is 9.61. The van der Waals surface area contributed by atoms with E-state index in [9.17, 15) is 0 Å². The van der Waals surface area contributed by atoms with Gasteiger partial charge in [-0.2, -0.15) is 0 Å². The first-order valence-electron chi connectivity index (χ1n) is 7.98. The van der Waals surface area contributed by atoms with Crippen molar-refractivity contribution in [1.82, 2.24) is 0 Å². The molecule has 0 atom stereocenters. The fraction of sp³-hybridized carbons (Fsp3) is 0.263. The van der Waals surface area contributed by atoms with Gasteiger partial charge in [0.05, 0.1) is 21.3 Å². The van der Waals surface area contributed by atoms with Crippen molar-refractivity contribution in [2.24, 2.45) is 0 Å². The molecule has 0 radical (unpaired) electrons. The number of benzene rings is 2. The largest absolute Gasteiger partial charge is 0.493 e. The number of aliphatic carboxylic acids is 2. The van der Waals surface area contributed by atoms with Gasteiger partial charge in [-0.3, -0.25) is 0 Å². The van der Waals surface area contributed by atoms with E-state index in [1.807, 2.05) is 24.3 Å².